The second-order valence-electron chi connectivity index (χ2n) is 7.08. The zero-order valence-corrected chi connectivity index (χ0v) is 15.5. The lowest BCUT2D eigenvalue weighted by Gasteiger charge is -2.43. The van der Waals surface area contributed by atoms with Gasteiger partial charge in [-0.05, 0) is 31.0 Å². The van der Waals surface area contributed by atoms with Crippen LogP contribution in [-0.4, -0.2) is 48.4 Å². The van der Waals surface area contributed by atoms with Crippen molar-refractivity contribution in [1.29, 1.82) is 0 Å². The monoisotopic (exact) mass is 363 g/mol. The molecule has 25 heavy (non-hydrogen) atoms. The van der Waals surface area contributed by atoms with E-state index in [4.69, 9.17) is 11.6 Å². The maximum atomic E-state index is 13.2. The highest BCUT2D eigenvalue weighted by atomic mass is 35.5. The third kappa shape index (κ3) is 4.09. The molecule has 1 heterocycles. The Kier molecular flexibility index (Phi) is 5.52. The highest BCUT2D eigenvalue weighted by Crippen LogP contribution is 2.31. The van der Waals surface area contributed by atoms with Crippen LogP contribution in [0.4, 0.5) is 5.69 Å². The van der Waals surface area contributed by atoms with Crippen molar-refractivity contribution in [3.63, 3.8) is 0 Å². The summed E-state index contributed by atoms with van der Waals surface area (Å²) in [6.45, 7) is 4.41. The van der Waals surface area contributed by atoms with Crippen LogP contribution in [0.15, 0.2) is 24.3 Å². The van der Waals surface area contributed by atoms with Gasteiger partial charge >= 0.3 is 0 Å². The number of benzene rings is 1. The molecule has 0 unspecified atom stereocenters. The maximum absolute atomic E-state index is 13.2. The summed E-state index contributed by atoms with van der Waals surface area (Å²) in [6, 6.07) is 7.82. The molecule has 6 heteroatoms. The summed E-state index contributed by atoms with van der Waals surface area (Å²) < 4.78 is 0. The van der Waals surface area contributed by atoms with Crippen LogP contribution < -0.4 is 10.2 Å². The van der Waals surface area contributed by atoms with Gasteiger partial charge in [-0.1, -0.05) is 36.9 Å². The third-order valence-corrected chi connectivity index (χ3v) is 5.51. The van der Waals surface area contributed by atoms with Gasteiger partial charge in [0.25, 0.3) is 0 Å². The molecule has 3 rings (SSSR count). The molecule has 0 atom stereocenters. The van der Waals surface area contributed by atoms with E-state index in [2.05, 4.69) is 10.2 Å². The Morgan fingerprint density at radius 2 is 1.76 bits per heavy atom. The van der Waals surface area contributed by atoms with Crippen LogP contribution >= 0.6 is 11.6 Å². The van der Waals surface area contributed by atoms with Crippen molar-refractivity contribution in [2.24, 2.45) is 0 Å². The summed E-state index contributed by atoms with van der Waals surface area (Å²) in [5.41, 5.74) is 0.399. The molecule has 1 N–H and O–H groups in total. The van der Waals surface area contributed by atoms with Gasteiger partial charge in [0.05, 0.1) is 0 Å². The van der Waals surface area contributed by atoms with E-state index in [0.717, 1.165) is 55.9 Å². The fourth-order valence-electron chi connectivity index (χ4n) is 4.03. The first kappa shape index (κ1) is 18.1. The molecule has 1 aliphatic carbocycles. The lowest BCUT2D eigenvalue weighted by molar-refractivity contribution is -0.143. The van der Waals surface area contributed by atoms with E-state index in [1.807, 2.05) is 29.2 Å². The summed E-state index contributed by atoms with van der Waals surface area (Å²) in [6.07, 6.45) is 4.62. The molecule has 0 aromatic heterocycles. The SMILES string of the molecule is CC(=O)NC1(C(=O)N2CCN(c3cccc(Cl)c3)CC2)CCCCC1. The molecule has 2 amide bonds. The average Bonchev–Trinajstić information content (AvgIpc) is 2.61. The van der Waals surface area contributed by atoms with Crippen molar-refractivity contribution in [3.05, 3.63) is 29.3 Å². The zero-order chi connectivity index (χ0) is 17.9. The van der Waals surface area contributed by atoms with Gasteiger partial charge in [0.2, 0.25) is 11.8 Å². The van der Waals surface area contributed by atoms with Crippen LogP contribution in [0.25, 0.3) is 0 Å². The van der Waals surface area contributed by atoms with Gasteiger partial charge in [0.1, 0.15) is 5.54 Å². The zero-order valence-electron chi connectivity index (χ0n) is 14.8. The molecule has 1 aromatic rings. The number of carbonyl (C=O) groups excluding carboxylic acids is 2. The number of hydrogen-bond donors (Lipinski definition) is 1. The van der Waals surface area contributed by atoms with Crippen LogP contribution in [0.5, 0.6) is 0 Å². The number of carbonyl (C=O) groups is 2. The normalized spacial score (nSPS) is 20.2. The molecule has 0 spiro atoms. The number of rotatable bonds is 3. The van der Waals surface area contributed by atoms with Crippen LogP contribution in [0.1, 0.15) is 39.0 Å². The van der Waals surface area contributed by atoms with Gasteiger partial charge in [0.15, 0.2) is 0 Å². The largest absolute Gasteiger partial charge is 0.368 e. The highest BCUT2D eigenvalue weighted by Gasteiger charge is 2.43. The molecule has 5 nitrogen and oxygen atoms in total. The molecule has 2 aliphatic rings. The van der Waals surface area contributed by atoms with Crippen LogP contribution in [0.2, 0.25) is 5.02 Å². The Hall–Kier alpha value is -1.75. The molecule has 136 valence electrons. The Morgan fingerprint density at radius 1 is 1.08 bits per heavy atom. The lowest BCUT2D eigenvalue weighted by atomic mass is 9.80. The molecule has 1 aromatic carbocycles. The summed E-state index contributed by atoms with van der Waals surface area (Å²) >= 11 is 6.08. The van der Waals surface area contributed by atoms with Crippen molar-refractivity contribution < 1.29 is 9.59 Å². The van der Waals surface area contributed by atoms with Crippen LogP contribution in [0.3, 0.4) is 0 Å². The maximum Gasteiger partial charge on any atom is 0.248 e. The smallest absolute Gasteiger partial charge is 0.248 e. The standard InChI is InChI=1S/C19H26ClN3O2/c1-15(24)21-19(8-3-2-4-9-19)18(25)23-12-10-22(11-13-23)17-7-5-6-16(20)14-17/h5-7,14H,2-4,8-13H2,1H3,(H,21,24). The van der Waals surface area contributed by atoms with E-state index in [1.54, 1.807) is 0 Å². The fraction of sp³-hybridized carbons (Fsp3) is 0.579. The van der Waals surface area contributed by atoms with Gasteiger partial charge in [-0.25, -0.2) is 0 Å². The minimum absolute atomic E-state index is 0.0909. The van der Waals surface area contributed by atoms with Crippen molar-refractivity contribution in [2.75, 3.05) is 31.1 Å². The van der Waals surface area contributed by atoms with E-state index in [1.165, 1.54) is 6.92 Å². The summed E-state index contributed by atoms with van der Waals surface area (Å²) in [7, 11) is 0. The van der Waals surface area contributed by atoms with Crippen molar-refractivity contribution >= 4 is 29.1 Å². The van der Waals surface area contributed by atoms with Crippen LogP contribution in [0, 0.1) is 0 Å². The van der Waals surface area contributed by atoms with E-state index in [-0.39, 0.29) is 11.8 Å². The van der Waals surface area contributed by atoms with Gasteiger partial charge in [0, 0.05) is 43.8 Å². The van der Waals surface area contributed by atoms with E-state index in [9.17, 15) is 9.59 Å². The predicted octanol–water partition coefficient (Wildman–Crippen LogP) is 2.83. The Morgan fingerprint density at radius 3 is 2.36 bits per heavy atom. The number of amides is 2. The van der Waals surface area contributed by atoms with Crippen molar-refractivity contribution in [1.82, 2.24) is 10.2 Å². The minimum Gasteiger partial charge on any atom is -0.368 e. The van der Waals surface area contributed by atoms with Gasteiger partial charge < -0.3 is 15.1 Å². The molecular weight excluding hydrogens is 338 g/mol. The molecule has 0 bridgehead atoms. The van der Waals surface area contributed by atoms with Gasteiger partial charge in [-0.2, -0.15) is 0 Å². The molecule has 2 fully saturated rings. The second kappa shape index (κ2) is 7.65. The van der Waals surface area contributed by atoms with Gasteiger partial charge in [-0.3, -0.25) is 9.59 Å². The average molecular weight is 364 g/mol. The predicted molar refractivity (Wildman–Crippen MR) is 99.9 cm³/mol. The number of nitrogens with zero attached hydrogens (tertiary/aromatic N) is 2. The summed E-state index contributed by atoms with van der Waals surface area (Å²) in [5, 5.41) is 3.71. The first-order valence-electron chi connectivity index (χ1n) is 9.09. The summed E-state index contributed by atoms with van der Waals surface area (Å²) in [5.74, 6) is -0.0269. The lowest BCUT2D eigenvalue weighted by Crippen LogP contribution is -2.63. The molecule has 1 saturated heterocycles. The Labute approximate surface area is 154 Å². The number of anilines is 1. The number of halogens is 1. The van der Waals surface area contributed by atoms with E-state index < -0.39 is 5.54 Å². The second-order valence-corrected chi connectivity index (χ2v) is 7.52. The number of nitrogens with one attached hydrogen (secondary N) is 1. The van der Waals surface area contributed by atoms with Crippen molar-refractivity contribution in [2.45, 2.75) is 44.6 Å². The molecule has 1 saturated carbocycles. The quantitative estimate of drug-likeness (QED) is 0.898. The first-order valence-corrected chi connectivity index (χ1v) is 9.47. The molecule has 0 radical (unpaired) electrons. The Balaban J connectivity index is 1.66. The molecule has 1 aliphatic heterocycles. The number of hydrogen-bond acceptors (Lipinski definition) is 3. The third-order valence-electron chi connectivity index (χ3n) is 5.27. The van der Waals surface area contributed by atoms with Gasteiger partial charge in [-0.15, -0.1) is 0 Å². The highest BCUT2D eigenvalue weighted by molar-refractivity contribution is 6.30. The first-order chi connectivity index (χ1) is 12.0. The topological polar surface area (TPSA) is 52.7 Å². The minimum atomic E-state index is -0.692. The van der Waals surface area contributed by atoms with Crippen LogP contribution in [-0.2, 0) is 9.59 Å². The van der Waals surface area contributed by atoms with Crippen molar-refractivity contribution in [3.8, 4) is 0 Å². The number of piperazine rings is 1. The summed E-state index contributed by atoms with van der Waals surface area (Å²) in [4.78, 5) is 29.0. The molecular formula is C19H26ClN3O2. The fourth-order valence-corrected chi connectivity index (χ4v) is 4.21. The van der Waals surface area contributed by atoms with E-state index >= 15 is 0 Å². The Bertz CT molecular complexity index is 635. The van der Waals surface area contributed by atoms with E-state index in [0.29, 0.717) is 13.1 Å².